The summed E-state index contributed by atoms with van der Waals surface area (Å²) in [5, 5.41) is 3.01. The summed E-state index contributed by atoms with van der Waals surface area (Å²) in [6, 6.07) is 22.7. The number of likely N-dealkylation sites (tertiary alicyclic amines) is 1. The fourth-order valence-electron chi connectivity index (χ4n) is 4.51. The number of piperidine rings is 1. The third-order valence-electron chi connectivity index (χ3n) is 6.38. The van der Waals surface area contributed by atoms with Crippen LogP contribution in [0.2, 0.25) is 0 Å². The van der Waals surface area contributed by atoms with Crippen molar-refractivity contribution < 1.29 is 19.1 Å². The molecule has 1 aliphatic rings. The van der Waals surface area contributed by atoms with Gasteiger partial charge in [0.15, 0.2) is 0 Å². The molecule has 0 unspecified atom stereocenters. The zero-order valence-electron chi connectivity index (χ0n) is 20.3. The largest absolute Gasteiger partial charge is 0.497 e. The minimum absolute atomic E-state index is 0.0271. The summed E-state index contributed by atoms with van der Waals surface area (Å²) in [6.45, 7) is 4.29. The van der Waals surface area contributed by atoms with Gasteiger partial charge >= 0.3 is 0 Å². The lowest BCUT2D eigenvalue weighted by atomic mass is 9.89. The van der Waals surface area contributed by atoms with Crippen LogP contribution in [-0.4, -0.2) is 43.5 Å². The van der Waals surface area contributed by atoms with Gasteiger partial charge in [-0.25, -0.2) is 0 Å². The average Bonchev–Trinajstić information content (AvgIpc) is 2.92. The molecule has 1 heterocycles. The van der Waals surface area contributed by atoms with Gasteiger partial charge in [-0.05, 0) is 67.8 Å². The fraction of sp³-hybridized carbons (Fsp3) is 0.310. The molecule has 0 saturated carbocycles. The highest BCUT2D eigenvalue weighted by Crippen LogP contribution is 2.29. The summed E-state index contributed by atoms with van der Waals surface area (Å²) in [7, 11) is 1.61. The summed E-state index contributed by atoms with van der Waals surface area (Å²) < 4.78 is 10.9. The standard InChI is InChI=1S/C29H32N2O4/c1-3-35-27-12-5-4-8-24(27)19-30-28(32)23-10-6-9-22(18-23)25-11-7-17-31(20-25)29(33)21-13-15-26(34-2)16-14-21/h4-6,8-10,12-16,18,25H,3,7,11,17,19-20H2,1-2H3,(H,30,32)/t25-/m1/s1. The summed E-state index contributed by atoms with van der Waals surface area (Å²) >= 11 is 0. The first kappa shape index (κ1) is 24.3. The quantitative estimate of drug-likeness (QED) is 0.499. The predicted octanol–water partition coefficient (Wildman–Crippen LogP) is 5.04. The second-order valence-corrected chi connectivity index (χ2v) is 8.67. The van der Waals surface area contributed by atoms with Gasteiger partial charge in [0.25, 0.3) is 11.8 Å². The number of methoxy groups -OCH3 is 1. The van der Waals surface area contributed by atoms with Gasteiger partial charge in [0.2, 0.25) is 0 Å². The van der Waals surface area contributed by atoms with Crippen LogP contribution in [0.25, 0.3) is 0 Å². The van der Waals surface area contributed by atoms with Crippen molar-refractivity contribution in [3.63, 3.8) is 0 Å². The van der Waals surface area contributed by atoms with Crippen LogP contribution in [-0.2, 0) is 6.54 Å². The number of nitrogens with one attached hydrogen (secondary N) is 1. The number of para-hydroxylation sites is 1. The number of ether oxygens (including phenoxy) is 2. The Kier molecular flexibility index (Phi) is 8.03. The van der Waals surface area contributed by atoms with Gasteiger partial charge < -0.3 is 19.7 Å². The van der Waals surface area contributed by atoms with Crippen molar-refractivity contribution in [1.82, 2.24) is 10.2 Å². The number of rotatable bonds is 8. The lowest BCUT2D eigenvalue weighted by Gasteiger charge is -2.33. The Morgan fingerprint density at radius 1 is 1.00 bits per heavy atom. The van der Waals surface area contributed by atoms with Gasteiger partial charge in [0.05, 0.1) is 13.7 Å². The Bertz CT molecular complexity index is 1160. The van der Waals surface area contributed by atoms with Crippen LogP contribution in [0.3, 0.4) is 0 Å². The van der Waals surface area contributed by atoms with E-state index in [2.05, 4.69) is 5.32 Å². The van der Waals surface area contributed by atoms with E-state index < -0.39 is 0 Å². The molecule has 1 atom stereocenters. The van der Waals surface area contributed by atoms with Crippen LogP contribution in [0.1, 0.15) is 57.5 Å². The van der Waals surface area contributed by atoms with Crippen LogP contribution in [0.5, 0.6) is 11.5 Å². The van der Waals surface area contributed by atoms with E-state index in [0.717, 1.165) is 42.0 Å². The Morgan fingerprint density at radius 3 is 2.57 bits per heavy atom. The number of hydrogen-bond acceptors (Lipinski definition) is 4. The Morgan fingerprint density at radius 2 is 1.80 bits per heavy atom. The number of benzene rings is 3. The number of carbonyl (C=O) groups excluding carboxylic acids is 2. The molecule has 0 bridgehead atoms. The zero-order valence-corrected chi connectivity index (χ0v) is 20.3. The summed E-state index contributed by atoms with van der Waals surface area (Å²) in [4.78, 5) is 27.9. The maximum atomic E-state index is 13.1. The molecule has 0 spiro atoms. The molecular formula is C29H32N2O4. The molecular weight excluding hydrogens is 440 g/mol. The first-order valence-electron chi connectivity index (χ1n) is 12.1. The number of hydrogen-bond donors (Lipinski definition) is 1. The first-order chi connectivity index (χ1) is 17.1. The lowest BCUT2D eigenvalue weighted by molar-refractivity contribution is 0.0706. The van der Waals surface area contributed by atoms with Crippen LogP contribution < -0.4 is 14.8 Å². The topological polar surface area (TPSA) is 67.9 Å². The van der Waals surface area contributed by atoms with Crippen molar-refractivity contribution in [3.05, 3.63) is 95.1 Å². The van der Waals surface area contributed by atoms with Crippen molar-refractivity contribution in [3.8, 4) is 11.5 Å². The van der Waals surface area contributed by atoms with Gasteiger partial charge in [0, 0.05) is 42.2 Å². The van der Waals surface area contributed by atoms with Crippen molar-refractivity contribution in [1.29, 1.82) is 0 Å². The maximum Gasteiger partial charge on any atom is 0.253 e. The molecule has 1 N–H and O–H groups in total. The third kappa shape index (κ3) is 6.01. The minimum atomic E-state index is -0.125. The van der Waals surface area contributed by atoms with E-state index in [9.17, 15) is 9.59 Å². The molecule has 1 saturated heterocycles. The average molecular weight is 473 g/mol. The molecule has 0 radical (unpaired) electrons. The van der Waals surface area contributed by atoms with E-state index in [1.165, 1.54) is 0 Å². The summed E-state index contributed by atoms with van der Waals surface area (Å²) in [6.07, 6.45) is 1.91. The van der Waals surface area contributed by atoms with Crippen molar-refractivity contribution in [2.75, 3.05) is 26.8 Å². The molecule has 6 nitrogen and oxygen atoms in total. The number of nitrogens with zero attached hydrogens (tertiary/aromatic N) is 1. The summed E-state index contributed by atoms with van der Waals surface area (Å²) in [5.74, 6) is 1.61. The van der Waals surface area contributed by atoms with E-state index >= 15 is 0 Å². The summed E-state index contributed by atoms with van der Waals surface area (Å²) in [5.41, 5.74) is 3.31. The third-order valence-corrected chi connectivity index (χ3v) is 6.38. The van der Waals surface area contributed by atoms with Crippen LogP contribution in [0, 0.1) is 0 Å². The van der Waals surface area contributed by atoms with E-state index in [1.807, 2.05) is 72.5 Å². The van der Waals surface area contributed by atoms with E-state index in [1.54, 1.807) is 19.2 Å². The molecule has 6 heteroatoms. The van der Waals surface area contributed by atoms with Crippen molar-refractivity contribution in [2.45, 2.75) is 32.2 Å². The molecule has 2 amide bonds. The van der Waals surface area contributed by atoms with Gasteiger partial charge in [-0.3, -0.25) is 9.59 Å². The second kappa shape index (κ2) is 11.6. The molecule has 1 fully saturated rings. The molecule has 0 aliphatic carbocycles. The Labute approximate surface area is 206 Å². The van der Waals surface area contributed by atoms with Gasteiger partial charge in [-0.2, -0.15) is 0 Å². The molecule has 182 valence electrons. The van der Waals surface area contributed by atoms with Crippen LogP contribution >= 0.6 is 0 Å². The van der Waals surface area contributed by atoms with Crippen molar-refractivity contribution >= 4 is 11.8 Å². The SMILES string of the molecule is CCOc1ccccc1CNC(=O)c1cccc([C@@H]2CCCN(C(=O)c3ccc(OC)cc3)C2)c1. The molecule has 3 aromatic carbocycles. The molecule has 4 rings (SSSR count). The van der Waals surface area contributed by atoms with E-state index in [0.29, 0.717) is 30.8 Å². The molecule has 35 heavy (non-hydrogen) atoms. The van der Waals surface area contributed by atoms with Gasteiger partial charge in [-0.1, -0.05) is 30.3 Å². The smallest absolute Gasteiger partial charge is 0.253 e. The molecule has 3 aromatic rings. The molecule has 1 aliphatic heterocycles. The minimum Gasteiger partial charge on any atom is -0.497 e. The number of amides is 2. The normalized spacial score (nSPS) is 15.4. The zero-order chi connectivity index (χ0) is 24.6. The predicted molar refractivity (Wildman–Crippen MR) is 136 cm³/mol. The highest BCUT2D eigenvalue weighted by molar-refractivity contribution is 5.95. The second-order valence-electron chi connectivity index (χ2n) is 8.67. The lowest BCUT2D eigenvalue weighted by Crippen LogP contribution is -2.39. The van der Waals surface area contributed by atoms with Crippen LogP contribution in [0.4, 0.5) is 0 Å². The number of carbonyl (C=O) groups is 2. The van der Waals surface area contributed by atoms with Gasteiger partial charge in [0.1, 0.15) is 11.5 Å². The van der Waals surface area contributed by atoms with Crippen LogP contribution in [0.15, 0.2) is 72.8 Å². The van der Waals surface area contributed by atoms with Gasteiger partial charge in [-0.15, -0.1) is 0 Å². The fourth-order valence-corrected chi connectivity index (χ4v) is 4.51. The Hall–Kier alpha value is -3.80. The molecule has 0 aromatic heterocycles. The highest BCUT2D eigenvalue weighted by atomic mass is 16.5. The first-order valence-corrected chi connectivity index (χ1v) is 12.1. The Balaban J connectivity index is 1.41. The highest BCUT2D eigenvalue weighted by Gasteiger charge is 2.26. The van der Waals surface area contributed by atoms with E-state index in [-0.39, 0.29) is 17.7 Å². The van der Waals surface area contributed by atoms with E-state index in [4.69, 9.17) is 9.47 Å². The van der Waals surface area contributed by atoms with Crippen molar-refractivity contribution in [2.24, 2.45) is 0 Å². The monoisotopic (exact) mass is 472 g/mol. The maximum absolute atomic E-state index is 13.1.